The molecule has 0 spiro atoms. The zero-order valence-corrected chi connectivity index (χ0v) is 16.9. The number of aryl methyl sites for hydroxylation is 2. The minimum atomic E-state index is 0.578. The average Bonchev–Trinajstić information content (AvgIpc) is 3.33. The molecule has 0 saturated carbocycles. The summed E-state index contributed by atoms with van der Waals surface area (Å²) in [5, 5.41) is 11.4. The van der Waals surface area contributed by atoms with Gasteiger partial charge in [-0.05, 0) is 50.1 Å². The zero-order valence-electron chi connectivity index (χ0n) is 16.9. The van der Waals surface area contributed by atoms with Gasteiger partial charge in [0.15, 0.2) is 5.96 Å². The minimum absolute atomic E-state index is 0.578. The van der Waals surface area contributed by atoms with E-state index in [0.29, 0.717) is 6.54 Å². The number of nitrogens with zero attached hydrogens (tertiary/aromatic N) is 3. The van der Waals surface area contributed by atoms with E-state index in [0.717, 1.165) is 60.3 Å². The van der Waals surface area contributed by atoms with Crippen LogP contribution in [-0.2, 0) is 13.0 Å². The maximum atomic E-state index is 5.39. The second-order valence-corrected chi connectivity index (χ2v) is 6.82. The number of guanidine groups is 1. The van der Waals surface area contributed by atoms with Crippen LogP contribution in [0.5, 0.6) is 0 Å². The summed E-state index contributed by atoms with van der Waals surface area (Å²) in [6.45, 7) is 8.46. The second-order valence-electron chi connectivity index (χ2n) is 6.82. The lowest BCUT2D eigenvalue weighted by atomic mass is 10.2. The summed E-state index contributed by atoms with van der Waals surface area (Å²) in [7, 11) is 0. The van der Waals surface area contributed by atoms with Crippen molar-refractivity contribution in [1.29, 1.82) is 0 Å². The summed E-state index contributed by atoms with van der Waals surface area (Å²) in [5.41, 5.74) is 4.34. The Bertz CT molecular complexity index is 896. The first kappa shape index (κ1) is 19.7. The van der Waals surface area contributed by atoms with E-state index in [-0.39, 0.29) is 0 Å². The van der Waals surface area contributed by atoms with Crippen molar-refractivity contribution < 1.29 is 4.42 Å². The van der Waals surface area contributed by atoms with Gasteiger partial charge >= 0.3 is 0 Å². The van der Waals surface area contributed by atoms with Crippen molar-refractivity contribution in [3.63, 3.8) is 0 Å². The van der Waals surface area contributed by atoms with Crippen molar-refractivity contribution in [3.8, 4) is 5.69 Å². The molecule has 3 aromatic rings. The van der Waals surface area contributed by atoms with Crippen molar-refractivity contribution in [3.05, 3.63) is 71.4 Å². The van der Waals surface area contributed by atoms with Crippen LogP contribution in [0, 0.1) is 13.8 Å². The van der Waals surface area contributed by atoms with Gasteiger partial charge in [-0.3, -0.25) is 0 Å². The fourth-order valence-corrected chi connectivity index (χ4v) is 3.06. The Hall–Kier alpha value is -3.02. The van der Waals surface area contributed by atoms with Crippen molar-refractivity contribution >= 4 is 5.96 Å². The van der Waals surface area contributed by atoms with Gasteiger partial charge in [-0.15, -0.1) is 0 Å². The third-order valence-electron chi connectivity index (χ3n) is 4.42. The predicted octanol–water partition coefficient (Wildman–Crippen LogP) is 3.77. The number of furan rings is 1. The van der Waals surface area contributed by atoms with Gasteiger partial charge in [-0.2, -0.15) is 5.10 Å². The number of aliphatic imine (C=N–C) groups is 1. The maximum absolute atomic E-state index is 5.39. The van der Waals surface area contributed by atoms with Gasteiger partial charge in [-0.1, -0.05) is 25.1 Å². The first-order chi connectivity index (χ1) is 13.7. The number of hydrogen-bond donors (Lipinski definition) is 2. The van der Waals surface area contributed by atoms with Crippen LogP contribution in [-0.4, -0.2) is 28.8 Å². The Balaban J connectivity index is 1.72. The van der Waals surface area contributed by atoms with Gasteiger partial charge in [0.05, 0.1) is 24.2 Å². The molecule has 0 aliphatic carbocycles. The molecule has 0 fully saturated rings. The van der Waals surface area contributed by atoms with Gasteiger partial charge in [0.1, 0.15) is 5.76 Å². The van der Waals surface area contributed by atoms with Gasteiger partial charge < -0.3 is 15.1 Å². The van der Waals surface area contributed by atoms with E-state index < -0.39 is 0 Å². The number of rotatable bonds is 8. The molecule has 0 unspecified atom stereocenters. The first-order valence-electron chi connectivity index (χ1n) is 9.83. The molecule has 0 bridgehead atoms. The molecule has 28 heavy (non-hydrogen) atoms. The highest BCUT2D eigenvalue weighted by Crippen LogP contribution is 2.17. The topological polar surface area (TPSA) is 67.4 Å². The van der Waals surface area contributed by atoms with E-state index in [2.05, 4.69) is 47.8 Å². The van der Waals surface area contributed by atoms with Crippen LogP contribution in [0.15, 0.2) is 58.1 Å². The van der Waals surface area contributed by atoms with E-state index >= 15 is 0 Å². The van der Waals surface area contributed by atoms with E-state index in [9.17, 15) is 0 Å². The van der Waals surface area contributed by atoms with Crippen LogP contribution >= 0.6 is 0 Å². The molecule has 3 rings (SSSR count). The Labute approximate surface area is 166 Å². The first-order valence-corrected chi connectivity index (χ1v) is 9.83. The molecule has 0 amide bonds. The maximum Gasteiger partial charge on any atom is 0.191 e. The summed E-state index contributed by atoms with van der Waals surface area (Å²) in [5.74, 6) is 1.79. The van der Waals surface area contributed by atoms with Gasteiger partial charge in [0, 0.05) is 25.2 Å². The average molecular weight is 380 g/mol. The fraction of sp³-hybridized carbons (Fsp3) is 0.364. The molecule has 6 heteroatoms. The lowest BCUT2D eigenvalue weighted by Crippen LogP contribution is -2.38. The molecule has 0 atom stereocenters. The Morgan fingerprint density at radius 1 is 1.11 bits per heavy atom. The van der Waals surface area contributed by atoms with Crippen LogP contribution in [0.25, 0.3) is 5.69 Å². The third-order valence-corrected chi connectivity index (χ3v) is 4.42. The molecule has 2 aromatic heterocycles. The molecule has 1 aromatic carbocycles. The molecule has 0 aliphatic heterocycles. The number of para-hydroxylation sites is 1. The van der Waals surface area contributed by atoms with Crippen LogP contribution < -0.4 is 10.6 Å². The predicted molar refractivity (Wildman–Crippen MR) is 113 cm³/mol. The van der Waals surface area contributed by atoms with E-state index in [4.69, 9.17) is 9.41 Å². The molecule has 0 radical (unpaired) electrons. The van der Waals surface area contributed by atoms with Gasteiger partial charge in [-0.25, -0.2) is 9.67 Å². The SMILES string of the molecule is CCCNC(=NCc1ccccc1-n1nc(C)cc1C)NCCc1ccco1. The lowest BCUT2D eigenvalue weighted by molar-refractivity contribution is 0.506. The summed E-state index contributed by atoms with van der Waals surface area (Å²) in [6, 6.07) is 14.3. The zero-order chi connectivity index (χ0) is 19.8. The molecule has 2 N–H and O–H groups in total. The third kappa shape index (κ3) is 5.25. The quantitative estimate of drug-likeness (QED) is 0.462. The molecule has 6 nitrogen and oxygen atoms in total. The Morgan fingerprint density at radius 3 is 2.64 bits per heavy atom. The smallest absolute Gasteiger partial charge is 0.191 e. The summed E-state index contributed by atoms with van der Waals surface area (Å²) < 4.78 is 7.38. The van der Waals surface area contributed by atoms with E-state index in [1.165, 1.54) is 0 Å². The molecule has 0 saturated heterocycles. The Kier molecular flexibility index (Phi) is 6.89. The van der Waals surface area contributed by atoms with Crippen LogP contribution in [0.2, 0.25) is 0 Å². The van der Waals surface area contributed by atoms with Crippen molar-refractivity contribution in [2.45, 2.75) is 40.2 Å². The molecule has 0 aliphatic rings. The summed E-state index contributed by atoms with van der Waals surface area (Å²) in [4.78, 5) is 4.80. The highest BCUT2D eigenvalue weighted by molar-refractivity contribution is 5.79. The fourth-order valence-electron chi connectivity index (χ4n) is 3.06. The normalized spacial score (nSPS) is 11.6. The minimum Gasteiger partial charge on any atom is -0.469 e. The number of hydrogen-bond acceptors (Lipinski definition) is 3. The van der Waals surface area contributed by atoms with Crippen molar-refractivity contribution in [2.24, 2.45) is 4.99 Å². The summed E-state index contributed by atoms with van der Waals surface area (Å²) in [6.07, 6.45) is 3.57. The van der Waals surface area contributed by atoms with Crippen molar-refractivity contribution in [1.82, 2.24) is 20.4 Å². The van der Waals surface area contributed by atoms with Crippen LogP contribution in [0.1, 0.15) is 36.1 Å². The van der Waals surface area contributed by atoms with E-state index in [1.54, 1.807) is 6.26 Å². The Morgan fingerprint density at radius 2 is 1.93 bits per heavy atom. The second kappa shape index (κ2) is 9.78. The lowest BCUT2D eigenvalue weighted by Gasteiger charge is -2.13. The highest BCUT2D eigenvalue weighted by atomic mass is 16.3. The largest absolute Gasteiger partial charge is 0.469 e. The number of aromatic nitrogens is 2. The molecule has 2 heterocycles. The standard InChI is InChI=1S/C22H29N5O/c1-4-12-23-22(24-13-11-20-9-7-14-28-20)25-16-19-8-5-6-10-21(19)27-18(3)15-17(2)26-27/h5-10,14-15H,4,11-13,16H2,1-3H3,(H2,23,24,25). The van der Waals surface area contributed by atoms with Gasteiger partial charge in [0.25, 0.3) is 0 Å². The molecule has 148 valence electrons. The van der Waals surface area contributed by atoms with Crippen LogP contribution in [0.3, 0.4) is 0 Å². The summed E-state index contributed by atoms with van der Waals surface area (Å²) >= 11 is 0. The number of nitrogens with one attached hydrogen (secondary N) is 2. The number of benzene rings is 1. The van der Waals surface area contributed by atoms with Gasteiger partial charge in [0.2, 0.25) is 0 Å². The van der Waals surface area contributed by atoms with Crippen molar-refractivity contribution in [2.75, 3.05) is 13.1 Å². The molecular weight excluding hydrogens is 350 g/mol. The van der Waals surface area contributed by atoms with E-state index in [1.807, 2.05) is 35.9 Å². The molecular formula is C22H29N5O. The monoisotopic (exact) mass is 379 g/mol. The van der Waals surface area contributed by atoms with Crippen LogP contribution in [0.4, 0.5) is 0 Å². The highest BCUT2D eigenvalue weighted by Gasteiger charge is 2.09.